The summed E-state index contributed by atoms with van der Waals surface area (Å²) in [6.45, 7) is 6.49. The number of hydrogen-bond acceptors (Lipinski definition) is 7. The van der Waals surface area contributed by atoms with Crippen LogP contribution in [0.25, 0.3) is 16.6 Å². The van der Waals surface area contributed by atoms with Gasteiger partial charge in [-0.2, -0.15) is 0 Å². The van der Waals surface area contributed by atoms with Crippen LogP contribution >= 0.6 is 0 Å². The molecule has 25 heavy (non-hydrogen) atoms. The minimum atomic E-state index is 0.183. The SMILES string of the molecule is Cc1cccc2c(/C(N)=C/NCC(C=CN)=NC(C)C)nc(N)nc12. The number of aliphatic imine (C=N–C) groups is 1. The molecule has 0 aliphatic rings. The first-order chi connectivity index (χ1) is 11.9. The Labute approximate surface area is 147 Å². The van der Waals surface area contributed by atoms with Crippen molar-refractivity contribution in [2.24, 2.45) is 16.5 Å². The Kier molecular flexibility index (Phi) is 5.94. The van der Waals surface area contributed by atoms with Crippen LogP contribution < -0.4 is 22.5 Å². The lowest BCUT2D eigenvalue weighted by molar-refractivity contribution is 0.829. The van der Waals surface area contributed by atoms with Gasteiger partial charge < -0.3 is 22.5 Å². The number of anilines is 1. The van der Waals surface area contributed by atoms with Crippen LogP contribution in [-0.2, 0) is 0 Å². The van der Waals surface area contributed by atoms with Gasteiger partial charge in [0, 0.05) is 17.6 Å². The molecule has 0 atom stereocenters. The second-order valence-electron chi connectivity index (χ2n) is 5.96. The van der Waals surface area contributed by atoms with E-state index in [9.17, 15) is 0 Å². The molecule has 2 rings (SSSR count). The van der Waals surface area contributed by atoms with Crippen molar-refractivity contribution in [2.45, 2.75) is 26.8 Å². The van der Waals surface area contributed by atoms with Crippen LogP contribution in [0.3, 0.4) is 0 Å². The van der Waals surface area contributed by atoms with Gasteiger partial charge in [0.25, 0.3) is 0 Å². The topological polar surface area (TPSA) is 128 Å². The molecular weight excluding hydrogens is 314 g/mol. The zero-order chi connectivity index (χ0) is 18.4. The normalized spacial score (nSPS) is 13.1. The fourth-order valence-electron chi connectivity index (χ4n) is 2.46. The largest absolute Gasteiger partial charge is 0.405 e. The summed E-state index contributed by atoms with van der Waals surface area (Å²) in [6.07, 6.45) is 4.93. The number of rotatable bonds is 6. The van der Waals surface area contributed by atoms with E-state index in [0.717, 1.165) is 22.2 Å². The van der Waals surface area contributed by atoms with Gasteiger partial charge in [-0.15, -0.1) is 0 Å². The summed E-state index contributed by atoms with van der Waals surface area (Å²) < 4.78 is 0. The smallest absolute Gasteiger partial charge is 0.221 e. The van der Waals surface area contributed by atoms with Crippen LogP contribution in [0.5, 0.6) is 0 Å². The first-order valence-corrected chi connectivity index (χ1v) is 8.09. The zero-order valence-corrected chi connectivity index (χ0v) is 14.8. The highest BCUT2D eigenvalue weighted by atomic mass is 15.0. The van der Waals surface area contributed by atoms with Gasteiger partial charge in [0.15, 0.2) is 0 Å². The first-order valence-electron chi connectivity index (χ1n) is 8.09. The van der Waals surface area contributed by atoms with E-state index in [1.54, 1.807) is 12.3 Å². The van der Waals surface area contributed by atoms with Crippen molar-refractivity contribution < 1.29 is 0 Å². The Morgan fingerprint density at radius 3 is 2.76 bits per heavy atom. The molecule has 0 spiro atoms. The average molecular weight is 339 g/mol. The zero-order valence-electron chi connectivity index (χ0n) is 14.8. The van der Waals surface area contributed by atoms with Gasteiger partial charge >= 0.3 is 0 Å². The highest BCUT2D eigenvalue weighted by molar-refractivity contribution is 5.97. The lowest BCUT2D eigenvalue weighted by Gasteiger charge is -2.10. The second-order valence-corrected chi connectivity index (χ2v) is 5.96. The van der Waals surface area contributed by atoms with E-state index in [4.69, 9.17) is 17.2 Å². The number of nitrogens with two attached hydrogens (primary N) is 3. The molecule has 0 aliphatic carbocycles. The number of nitrogen functional groups attached to an aromatic ring is 1. The van der Waals surface area contributed by atoms with Gasteiger partial charge in [-0.3, -0.25) is 4.99 Å². The van der Waals surface area contributed by atoms with Crippen LogP contribution in [0, 0.1) is 6.92 Å². The third kappa shape index (κ3) is 4.69. The molecule has 1 heterocycles. The van der Waals surface area contributed by atoms with Crippen molar-refractivity contribution >= 4 is 28.3 Å². The molecule has 0 saturated carbocycles. The van der Waals surface area contributed by atoms with Crippen LogP contribution in [-0.4, -0.2) is 28.3 Å². The summed E-state index contributed by atoms with van der Waals surface area (Å²) in [6, 6.07) is 6.04. The predicted molar refractivity (Wildman–Crippen MR) is 105 cm³/mol. The number of aromatic nitrogens is 2. The van der Waals surface area contributed by atoms with E-state index in [2.05, 4.69) is 20.3 Å². The fraction of sp³-hybridized carbons (Fsp3) is 0.278. The molecule has 0 fully saturated rings. The maximum Gasteiger partial charge on any atom is 0.221 e. The Morgan fingerprint density at radius 1 is 1.32 bits per heavy atom. The van der Waals surface area contributed by atoms with Crippen molar-refractivity contribution in [2.75, 3.05) is 12.3 Å². The Morgan fingerprint density at radius 2 is 2.08 bits per heavy atom. The van der Waals surface area contributed by atoms with Gasteiger partial charge in [-0.25, -0.2) is 9.97 Å². The van der Waals surface area contributed by atoms with E-state index >= 15 is 0 Å². The summed E-state index contributed by atoms with van der Waals surface area (Å²) >= 11 is 0. The predicted octanol–water partition coefficient (Wildman–Crippen LogP) is 1.69. The summed E-state index contributed by atoms with van der Waals surface area (Å²) in [4.78, 5) is 13.1. The summed E-state index contributed by atoms with van der Waals surface area (Å²) in [5.74, 6) is 0.196. The molecule has 0 radical (unpaired) electrons. The first kappa shape index (κ1) is 18.3. The van der Waals surface area contributed by atoms with Gasteiger partial charge in [-0.1, -0.05) is 18.2 Å². The number of hydrogen-bond donors (Lipinski definition) is 4. The van der Waals surface area contributed by atoms with Gasteiger partial charge in [0.05, 0.1) is 23.5 Å². The third-order valence-corrected chi connectivity index (χ3v) is 3.47. The number of para-hydroxylation sites is 1. The number of fused-ring (bicyclic) bond motifs is 1. The van der Waals surface area contributed by atoms with Gasteiger partial charge in [0.1, 0.15) is 5.69 Å². The minimum absolute atomic E-state index is 0.183. The molecule has 0 aliphatic heterocycles. The van der Waals surface area contributed by atoms with E-state index in [0.29, 0.717) is 17.9 Å². The van der Waals surface area contributed by atoms with E-state index < -0.39 is 0 Å². The van der Waals surface area contributed by atoms with Crippen LogP contribution in [0.4, 0.5) is 5.95 Å². The Bertz CT molecular complexity index is 835. The Hall–Kier alpha value is -3.09. The van der Waals surface area contributed by atoms with Crippen molar-refractivity contribution in [3.8, 4) is 0 Å². The van der Waals surface area contributed by atoms with Gasteiger partial charge in [-0.05, 0) is 38.6 Å². The Balaban J connectivity index is 2.28. The molecule has 132 valence electrons. The molecule has 7 nitrogen and oxygen atoms in total. The van der Waals surface area contributed by atoms with Crippen LogP contribution in [0.15, 0.2) is 41.7 Å². The molecule has 0 bridgehead atoms. The monoisotopic (exact) mass is 339 g/mol. The highest BCUT2D eigenvalue weighted by Crippen LogP contribution is 2.22. The summed E-state index contributed by atoms with van der Waals surface area (Å²) in [5.41, 5.74) is 21.3. The lowest BCUT2D eigenvalue weighted by atomic mass is 10.1. The lowest BCUT2D eigenvalue weighted by Crippen LogP contribution is -2.20. The molecule has 0 saturated heterocycles. The molecular formula is C18H25N7. The van der Waals surface area contributed by atoms with Crippen molar-refractivity contribution in [3.05, 3.63) is 47.9 Å². The van der Waals surface area contributed by atoms with Gasteiger partial charge in [0.2, 0.25) is 5.95 Å². The minimum Gasteiger partial charge on any atom is -0.405 e. The molecule has 2 aromatic rings. The quantitative estimate of drug-likeness (QED) is 0.593. The molecule has 1 aromatic carbocycles. The van der Waals surface area contributed by atoms with Crippen molar-refractivity contribution in [1.82, 2.24) is 15.3 Å². The average Bonchev–Trinajstić information content (AvgIpc) is 2.54. The van der Waals surface area contributed by atoms with Crippen molar-refractivity contribution in [1.29, 1.82) is 0 Å². The van der Waals surface area contributed by atoms with E-state index in [1.165, 1.54) is 6.20 Å². The number of aryl methyl sites for hydroxylation is 1. The van der Waals surface area contributed by atoms with Crippen LogP contribution in [0.1, 0.15) is 25.1 Å². The third-order valence-electron chi connectivity index (χ3n) is 3.47. The van der Waals surface area contributed by atoms with E-state index in [1.807, 2.05) is 39.0 Å². The molecule has 7 N–H and O–H groups in total. The molecule has 0 amide bonds. The fourth-order valence-corrected chi connectivity index (χ4v) is 2.46. The maximum atomic E-state index is 6.21. The maximum absolute atomic E-state index is 6.21. The second kappa shape index (κ2) is 8.14. The number of nitrogens with one attached hydrogen (secondary N) is 1. The number of benzene rings is 1. The number of nitrogens with zero attached hydrogens (tertiary/aromatic N) is 3. The summed E-state index contributed by atoms with van der Waals surface area (Å²) in [5, 5.41) is 4.01. The molecule has 1 aromatic heterocycles. The molecule has 7 heteroatoms. The van der Waals surface area contributed by atoms with E-state index in [-0.39, 0.29) is 12.0 Å². The standard InChI is InChI=1S/C18H25N7/c1-11(2)23-13(7-8-19)9-22-10-15(20)17-14-6-4-5-12(3)16(14)24-18(21)25-17/h4-8,10-11,22H,9,19-20H2,1-3H3,(H2,21,24,25)/b8-7?,15-10-,23-13?. The van der Waals surface area contributed by atoms with Crippen LogP contribution in [0.2, 0.25) is 0 Å². The van der Waals surface area contributed by atoms with Crippen molar-refractivity contribution in [3.63, 3.8) is 0 Å². The summed E-state index contributed by atoms with van der Waals surface area (Å²) in [7, 11) is 0. The highest BCUT2D eigenvalue weighted by Gasteiger charge is 2.10. The molecule has 0 unspecified atom stereocenters.